The van der Waals surface area contributed by atoms with Crippen LogP contribution in [0.3, 0.4) is 0 Å². The predicted molar refractivity (Wildman–Crippen MR) is 79.8 cm³/mol. The van der Waals surface area contributed by atoms with Gasteiger partial charge in [-0.15, -0.1) is 0 Å². The van der Waals surface area contributed by atoms with Crippen LogP contribution in [0.1, 0.15) is 36.9 Å². The van der Waals surface area contributed by atoms with Crippen molar-refractivity contribution >= 4 is 6.03 Å². The summed E-state index contributed by atoms with van der Waals surface area (Å²) in [5.74, 6) is 0.0934. The lowest BCUT2D eigenvalue weighted by atomic mass is 9.99. The summed E-state index contributed by atoms with van der Waals surface area (Å²) in [4.78, 5) is 13.9. The standard InChI is InChI=1S/C16H21F3N2O2/c1-11(13-4-6-14(7-5-13)16(17,18)19)20-15(23)21-8-2-3-12(9-21)10-22/h4-7,11-12,22H,2-3,8-10H2,1H3,(H,20,23)/t11-,12?/m1/s1. The van der Waals surface area contributed by atoms with Crippen molar-refractivity contribution in [2.45, 2.75) is 32.0 Å². The molecule has 0 spiro atoms. The van der Waals surface area contributed by atoms with Crippen LogP contribution in [0, 0.1) is 5.92 Å². The summed E-state index contributed by atoms with van der Waals surface area (Å²) in [6, 6.07) is 4.14. The molecule has 128 valence electrons. The lowest BCUT2D eigenvalue weighted by Crippen LogP contribution is -2.46. The normalized spacial score (nSPS) is 20.2. The van der Waals surface area contributed by atoms with Gasteiger partial charge in [-0.1, -0.05) is 12.1 Å². The first-order chi connectivity index (χ1) is 10.8. The number of amides is 2. The monoisotopic (exact) mass is 330 g/mol. The number of hydrogen-bond acceptors (Lipinski definition) is 2. The molecule has 0 bridgehead atoms. The van der Waals surface area contributed by atoms with E-state index >= 15 is 0 Å². The number of aliphatic hydroxyl groups excluding tert-OH is 1. The first kappa shape index (κ1) is 17.6. The van der Waals surface area contributed by atoms with Crippen LogP contribution in [0.2, 0.25) is 0 Å². The van der Waals surface area contributed by atoms with E-state index in [-0.39, 0.29) is 24.6 Å². The number of aliphatic hydroxyl groups is 1. The van der Waals surface area contributed by atoms with E-state index in [2.05, 4.69) is 5.32 Å². The number of rotatable bonds is 3. The van der Waals surface area contributed by atoms with Gasteiger partial charge in [-0.05, 0) is 43.4 Å². The highest BCUT2D eigenvalue weighted by Gasteiger charge is 2.30. The highest BCUT2D eigenvalue weighted by atomic mass is 19.4. The summed E-state index contributed by atoms with van der Waals surface area (Å²) in [5, 5.41) is 12.0. The Bertz CT molecular complexity index is 531. The number of carbonyl (C=O) groups is 1. The molecular formula is C16H21F3N2O2. The Morgan fingerprint density at radius 1 is 1.39 bits per heavy atom. The average molecular weight is 330 g/mol. The lowest BCUT2D eigenvalue weighted by Gasteiger charge is -2.32. The van der Waals surface area contributed by atoms with Gasteiger partial charge in [0.2, 0.25) is 0 Å². The van der Waals surface area contributed by atoms with E-state index in [1.54, 1.807) is 11.8 Å². The SMILES string of the molecule is C[C@@H](NC(=O)N1CCCC(CO)C1)c1ccc(C(F)(F)F)cc1. The van der Waals surface area contributed by atoms with Crippen molar-refractivity contribution in [1.29, 1.82) is 0 Å². The van der Waals surface area contributed by atoms with Gasteiger partial charge in [-0.25, -0.2) is 4.79 Å². The van der Waals surface area contributed by atoms with E-state index in [4.69, 9.17) is 0 Å². The molecule has 0 aromatic heterocycles. The Balaban J connectivity index is 1.95. The van der Waals surface area contributed by atoms with Crippen LogP contribution in [-0.4, -0.2) is 35.7 Å². The van der Waals surface area contributed by atoms with Crippen molar-refractivity contribution in [3.05, 3.63) is 35.4 Å². The minimum Gasteiger partial charge on any atom is -0.396 e. The number of nitrogens with zero attached hydrogens (tertiary/aromatic N) is 1. The number of halogens is 3. The van der Waals surface area contributed by atoms with E-state index in [1.165, 1.54) is 12.1 Å². The minimum absolute atomic E-state index is 0.0538. The summed E-state index contributed by atoms with van der Waals surface area (Å²) in [5.41, 5.74) is -0.0938. The molecule has 2 amide bonds. The molecule has 1 aromatic rings. The van der Waals surface area contributed by atoms with Gasteiger partial charge in [0.1, 0.15) is 0 Å². The molecule has 4 nitrogen and oxygen atoms in total. The first-order valence-corrected chi connectivity index (χ1v) is 7.64. The number of piperidine rings is 1. The number of hydrogen-bond donors (Lipinski definition) is 2. The zero-order valence-corrected chi connectivity index (χ0v) is 12.9. The number of benzene rings is 1. The van der Waals surface area contributed by atoms with Crippen LogP contribution >= 0.6 is 0 Å². The molecule has 1 aromatic carbocycles. The maximum atomic E-state index is 12.5. The fourth-order valence-corrected chi connectivity index (χ4v) is 2.72. The van der Waals surface area contributed by atoms with Gasteiger partial charge in [0.05, 0.1) is 11.6 Å². The zero-order valence-electron chi connectivity index (χ0n) is 12.9. The molecule has 0 saturated carbocycles. The number of alkyl halides is 3. The van der Waals surface area contributed by atoms with Gasteiger partial charge in [0.15, 0.2) is 0 Å². The fourth-order valence-electron chi connectivity index (χ4n) is 2.72. The van der Waals surface area contributed by atoms with Crippen LogP contribution in [-0.2, 0) is 6.18 Å². The van der Waals surface area contributed by atoms with Crippen molar-refractivity contribution in [2.24, 2.45) is 5.92 Å². The van der Waals surface area contributed by atoms with Crippen LogP contribution in [0.5, 0.6) is 0 Å². The highest BCUT2D eigenvalue weighted by Crippen LogP contribution is 2.30. The van der Waals surface area contributed by atoms with E-state index in [1.807, 2.05) is 0 Å². The Morgan fingerprint density at radius 3 is 2.61 bits per heavy atom. The van der Waals surface area contributed by atoms with Crippen LogP contribution in [0.4, 0.5) is 18.0 Å². The smallest absolute Gasteiger partial charge is 0.396 e. The predicted octanol–water partition coefficient (Wildman–Crippen LogP) is 3.18. The van der Waals surface area contributed by atoms with Gasteiger partial charge >= 0.3 is 12.2 Å². The number of likely N-dealkylation sites (tertiary alicyclic amines) is 1. The fraction of sp³-hybridized carbons (Fsp3) is 0.562. The highest BCUT2D eigenvalue weighted by molar-refractivity contribution is 5.74. The van der Waals surface area contributed by atoms with E-state index in [0.717, 1.165) is 25.0 Å². The first-order valence-electron chi connectivity index (χ1n) is 7.64. The molecule has 2 rings (SSSR count). The molecule has 7 heteroatoms. The quantitative estimate of drug-likeness (QED) is 0.894. The van der Waals surface area contributed by atoms with Crippen LogP contribution < -0.4 is 5.32 Å². The molecular weight excluding hydrogens is 309 g/mol. The molecule has 1 fully saturated rings. The van der Waals surface area contributed by atoms with Gasteiger partial charge in [-0.3, -0.25) is 0 Å². The van der Waals surface area contributed by atoms with Gasteiger partial charge < -0.3 is 15.3 Å². The molecule has 2 atom stereocenters. The van der Waals surface area contributed by atoms with Crippen molar-refractivity contribution < 1.29 is 23.1 Å². The van der Waals surface area contributed by atoms with Gasteiger partial charge in [0.25, 0.3) is 0 Å². The Morgan fingerprint density at radius 2 is 2.04 bits per heavy atom. The molecule has 0 radical (unpaired) electrons. The van der Waals surface area contributed by atoms with Crippen LogP contribution in [0.15, 0.2) is 24.3 Å². The second-order valence-electron chi connectivity index (χ2n) is 5.93. The second-order valence-corrected chi connectivity index (χ2v) is 5.93. The second kappa shape index (κ2) is 7.21. The lowest BCUT2D eigenvalue weighted by molar-refractivity contribution is -0.137. The molecule has 1 heterocycles. The molecule has 1 aliphatic rings. The average Bonchev–Trinajstić information content (AvgIpc) is 2.54. The summed E-state index contributed by atoms with van der Waals surface area (Å²) < 4.78 is 37.6. The number of nitrogens with one attached hydrogen (secondary N) is 1. The molecule has 1 unspecified atom stereocenters. The van der Waals surface area contributed by atoms with Crippen molar-refractivity contribution in [2.75, 3.05) is 19.7 Å². The Labute approximate surface area is 133 Å². The van der Waals surface area contributed by atoms with Crippen molar-refractivity contribution in [1.82, 2.24) is 10.2 Å². The Kier molecular flexibility index (Phi) is 5.51. The third-order valence-corrected chi connectivity index (χ3v) is 4.14. The zero-order chi connectivity index (χ0) is 17.0. The van der Waals surface area contributed by atoms with Crippen molar-refractivity contribution in [3.8, 4) is 0 Å². The molecule has 1 saturated heterocycles. The topological polar surface area (TPSA) is 52.6 Å². The Hall–Kier alpha value is -1.76. The molecule has 23 heavy (non-hydrogen) atoms. The van der Waals surface area contributed by atoms with Crippen LogP contribution in [0.25, 0.3) is 0 Å². The van der Waals surface area contributed by atoms with Gasteiger partial charge in [-0.2, -0.15) is 13.2 Å². The van der Waals surface area contributed by atoms with E-state index in [9.17, 15) is 23.1 Å². The summed E-state index contributed by atoms with van der Waals surface area (Å²) in [7, 11) is 0. The van der Waals surface area contributed by atoms with E-state index in [0.29, 0.717) is 18.7 Å². The third-order valence-electron chi connectivity index (χ3n) is 4.14. The molecule has 0 aliphatic carbocycles. The minimum atomic E-state index is -4.36. The summed E-state index contributed by atoms with van der Waals surface area (Å²) in [6.07, 6.45) is -2.62. The van der Waals surface area contributed by atoms with Crippen molar-refractivity contribution in [3.63, 3.8) is 0 Å². The number of carbonyl (C=O) groups excluding carboxylic acids is 1. The third kappa shape index (κ3) is 4.60. The number of urea groups is 1. The van der Waals surface area contributed by atoms with Gasteiger partial charge in [0, 0.05) is 19.7 Å². The molecule has 2 N–H and O–H groups in total. The maximum Gasteiger partial charge on any atom is 0.416 e. The largest absolute Gasteiger partial charge is 0.416 e. The summed E-state index contributed by atoms with van der Waals surface area (Å²) in [6.45, 7) is 2.91. The summed E-state index contributed by atoms with van der Waals surface area (Å²) >= 11 is 0. The molecule has 1 aliphatic heterocycles. The van der Waals surface area contributed by atoms with E-state index < -0.39 is 11.7 Å². The maximum absolute atomic E-state index is 12.5.